The summed E-state index contributed by atoms with van der Waals surface area (Å²) in [5, 5.41) is 3.52. The van der Waals surface area contributed by atoms with Crippen molar-refractivity contribution >= 4 is 0 Å². The number of hydrogen-bond donors (Lipinski definition) is 1. The molecule has 1 saturated carbocycles. The van der Waals surface area contributed by atoms with E-state index < -0.39 is 0 Å². The van der Waals surface area contributed by atoms with Crippen molar-refractivity contribution in [2.75, 3.05) is 20.1 Å². The first-order chi connectivity index (χ1) is 8.85. The summed E-state index contributed by atoms with van der Waals surface area (Å²) < 4.78 is 0. The molecule has 0 bridgehead atoms. The molecule has 3 atom stereocenters. The summed E-state index contributed by atoms with van der Waals surface area (Å²) in [6.45, 7) is 5.08. The van der Waals surface area contributed by atoms with Crippen LogP contribution in [0.25, 0.3) is 0 Å². The topological polar surface area (TPSA) is 15.3 Å². The van der Waals surface area contributed by atoms with Gasteiger partial charge in [-0.1, -0.05) is 26.2 Å². The third-order valence-electron chi connectivity index (χ3n) is 5.29. The Balaban J connectivity index is 1.79. The van der Waals surface area contributed by atoms with E-state index in [0.29, 0.717) is 0 Å². The van der Waals surface area contributed by atoms with Gasteiger partial charge in [0.1, 0.15) is 0 Å². The van der Waals surface area contributed by atoms with Crippen LogP contribution in [0.2, 0.25) is 0 Å². The molecular weight excluding hydrogens is 220 g/mol. The zero-order valence-corrected chi connectivity index (χ0v) is 12.5. The molecule has 2 nitrogen and oxygen atoms in total. The van der Waals surface area contributed by atoms with Crippen molar-refractivity contribution in [1.29, 1.82) is 0 Å². The van der Waals surface area contributed by atoms with Gasteiger partial charge in [-0.15, -0.1) is 0 Å². The largest absolute Gasteiger partial charge is 0.317 e. The lowest BCUT2D eigenvalue weighted by Crippen LogP contribution is -2.38. The highest BCUT2D eigenvalue weighted by Gasteiger charge is 2.27. The van der Waals surface area contributed by atoms with Gasteiger partial charge in [0, 0.05) is 12.1 Å². The highest BCUT2D eigenvalue weighted by Crippen LogP contribution is 2.29. The van der Waals surface area contributed by atoms with Crippen LogP contribution in [0.15, 0.2) is 0 Å². The van der Waals surface area contributed by atoms with Crippen LogP contribution in [0.1, 0.15) is 64.7 Å². The molecule has 18 heavy (non-hydrogen) atoms. The van der Waals surface area contributed by atoms with Gasteiger partial charge in [0.15, 0.2) is 0 Å². The molecule has 0 aromatic carbocycles. The van der Waals surface area contributed by atoms with Crippen LogP contribution < -0.4 is 5.32 Å². The molecule has 2 heteroatoms. The fourth-order valence-corrected chi connectivity index (χ4v) is 4.09. The van der Waals surface area contributed by atoms with Crippen LogP contribution in [0.3, 0.4) is 0 Å². The van der Waals surface area contributed by atoms with Crippen LogP contribution in [-0.2, 0) is 0 Å². The van der Waals surface area contributed by atoms with Crippen molar-refractivity contribution in [2.24, 2.45) is 5.92 Å². The standard InChI is InChI=1S/C16H32N2/c1-3-15-9-5-4-6-12-18(15)13-11-14-8-7-10-16(14)17-2/h14-17H,3-13H2,1-2H3. The quantitative estimate of drug-likeness (QED) is 0.806. The number of nitrogens with one attached hydrogen (secondary N) is 1. The Morgan fingerprint density at radius 1 is 1.06 bits per heavy atom. The molecule has 0 aromatic rings. The first kappa shape index (κ1) is 14.3. The van der Waals surface area contributed by atoms with Crippen LogP contribution in [0.4, 0.5) is 0 Å². The maximum atomic E-state index is 3.52. The first-order valence-electron chi connectivity index (χ1n) is 8.26. The molecule has 0 radical (unpaired) electrons. The molecule has 1 saturated heterocycles. The summed E-state index contributed by atoms with van der Waals surface area (Å²) in [6.07, 6.45) is 12.8. The van der Waals surface area contributed by atoms with E-state index in [0.717, 1.165) is 18.0 Å². The second kappa shape index (κ2) is 7.49. The van der Waals surface area contributed by atoms with Crippen LogP contribution in [0.5, 0.6) is 0 Å². The van der Waals surface area contributed by atoms with E-state index >= 15 is 0 Å². The number of nitrogens with zero attached hydrogens (tertiary/aromatic N) is 1. The molecule has 2 fully saturated rings. The van der Waals surface area contributed by atoms with Gasteiger partial charge in [-0.05, 0) is 64.6 Å². The van der Waals surface area contributed by atoms with E-state index in [1.54, 1.807) is 0 Å². The molecule has 1 aliphatic carbocycles. The fraction of sp³-hybridized carbons (Fsp3) is 1.00. The van der Waals surface area contributed by atoms with E-state index in [4.69, 9.17) is 0 Å². The monoisotopic (exact) mass is 252 g/mol. The molecule has 3 unspecified atom stereocenters. The predicted octanol–water partition coefficient (Wildman–Crippen LogP) is 3.42. The third-order valence-corrected chi connectivity index (χ3v) is 5.29. The Bertz CT molecular complexity index is 229. The van der Waals surface area contributed by atoms with Crippen molar-refractivity contribution in [3.05, 3.63) is 0 Å². The molecule has 106 valence electrons. The zero-order valence-electron chi connectivity index (χ0n) is 12.5. The molecule has 1 N–H and O–H groups in total. The Kier molecular flexibility index (Phi) is 5.97. The highest BCUT2D eigenvalue weighted by atomic mass is 15.2. The highest BCUT2D eigenvalue weighted by molar-refractivity contribution is 4.84. The van der Waals surface area contributed by atoms with Crippen LogP contribution >= 0.6 is 0 Å². The Labute approximate surface area is 114 Å². The maximum absolute atomic E-state index is 3.52. The summed E-state index contributed by atoms with van der Waals surface area (Å²) in [4.78, 5) is 2.80. The van der Waals surface area contributed by atoms with Gasteiger partial charge in [-0.3, -0.25) is 0 Å². The number of likely N-dealkylation sites (tertiary alicyclic amines) is 1. The summed E-state index contributed by atoms with van der Waals surface area (Å²) in [5.41, 5.74) is 0. The lowest BCUT2D eigenvalue weighted by Gasteiger charge is -2.31. The van der Waals surface area contributed by atoms with E-state index in [2.05, 4.69) is 24.2 Å². The Morgan fingerprint density at radius 2 is 1.94 bits per heavy atom. The molecule has 2 aliphatic rings. The lowest BCUT2D eigenvalue weighted by atomic mass is 9.98. The van der Waals surface area contributed by atoms with Gasteiger partial charge in [0.25, 0.3) is 0 Å². The predicted molar refractivity (Wildman–Crippen MR) is 78.9 cm³/mol. The minimum absolute atomic E-state index is 0.803. The fourth-order valence-electron chi connectivity index (χ4n) is 4.09. The lowest BCUT2D eigenvalue weighted by molar-refractivity contribution is 0.177. The normalized spacial score (nSPS) is 34.7. The number of hydrogen-bond acceptors (Lipinski definition) is 2. The summed E-state index contributed by atoms with van der Waals surface area (Å²) in [5.74, 6) is 0.941. The van der Waals surface area contributed by atoms with Crippen molar-refractivity contribution in [1.82, 2.24) is 10.2 Å². The van der Waals surface area contributed by atoms with E-state index in [1.807, 2.05) is 0 Å². The minimum atomic E-state index is 0.803. The van der Waals surface area contributed by atoms with E-state index in [-0.39, 0.29) is 0 Å². The maximum Gasteiger partial charge on any atom is 0.00928 e. The van der Waals surface area contributed by atoms with Gasteiger partial charge in [0.2, 0.25) is 0 Å². The Morgan fingerprint density at radius 3 is 2.72 bits per heavy atom. The molecule has 1 aliphatic heterocycles. The van der Waals surface area contributed by atoms with Crippen LogP contribution in [-0.4, -0.2) is 37.1 Å². The first-order valence-corrected chi connectivity index (χ1v) is 8.26. The van der Waals surface area contributed by atoms with Gasteiger partial charge in [-0.25, -0.2) is 0 Å². The minimum Gasteiger partial charge on any atom is -0.317 e. The molecule has 2 rings (SSSR count). The Hall–Kier alpha value is -0.0800. The van der Waals surface area contributed by atoms with Gasteiger partial charge in [0.05, 0.1) is 0 Å². The third kappa shape index (κ3) is 3.71. The van der Waals surface area contributed by atoms with Crippen LogP contribution in [0, 0.1) is 5.92 Å². The van der Waals surface area contributed by atoms with Gasteiger partial charge >= 0.3 is 0 Å². The van der Waals surface area contributed by atoms with E-state index in [9.17, 15) is 0 Å². The van der Waals surface area contributed by atoms with Crippen molar-refractivity contribution in [3.63, 3.8) is 0 Å². The number of rotatable bonds is 5. The molecule has 0 spiro atoms. The molecule has 0 amide bonds. The SMILES string of the molecule is CCC1CCCCCN1CCC1CCCC1NC. The molecule has 0 aromatic heterocycles. The smallest absolute Gasteiger partial charge is 0.00928 e. The summed E-state index contributed by atoms with van der Waals surface area (Å²) in [6, 6.07) is 1.68. The van der Waals surface area contributed by atoms with E-state index in [1.165, 1.54) is 70.9 Å². The zero-order chi connectivity index (χ0) is 12.8. The van der Waals surface area contributed by atoms with Crippen molar-refractivity contribution < 1.29 is 0 Å². The average Bonchev–Trinajstić information content (AvgIpc) is 2.73. The second-order valence-corrected chi connectivity index (χ2v) is 6.32. The van der Waals surface area contributed by atoms with Crippen molar-refractivity contribution in [3.8, 4) is 0 Å². The van der Waals surface area contributed by atoms with Gasteiger partial charge < -0.3 is 10.2 Å². The van der Waals surface area contributed by atoms with Gasteiger partial charge in [-0.2, -0.15) is 0 Å². The average molecular weight is 252 g/mol. The second-order valence-electron chi connectivity index (χ2n) is 6.32. The van der Waals surface area contributed by atoms with Crippen molar-refractivity contribution in [2.45, 2.75) is 76.8 Å². The molecular formula is C16H32N2. The summed E-state index contributed by atoms with van der Waals surface area (Å²) >= 11 is 0. The molecule has 1 heterocycles. The summed E-state index contributed by atoms with van der Waals surface area (Å²) in [7, 11) is 2.14.